The van der Waals surface area contributed by atoms with Crippen molar-refractivity contribution in [3.8, 4) is 5.75 Å². The highest BCUT2D eigenvalue weighted by Crippen LogP contribution is 2.21. The minimum absolute atomic E-state index is 0.0474. The average molecular weight is 416 g/mol. The summed E-state index contributed by atoms with van der Waals surface area (Å²) in [4.78, 5) is 36.6. The van der Waals surface area contributed by atoms with Crippen LogP contribution in [0.1, 0.15) is 19.4 Å². The molecule has 7 nitrogen and oxygen atoms in total. The maximum absolute atomic E-state index is 12.0. The molecule has 0 aromatic heterocycles. The molecule has 0 fully saturated rings. The number of hydrogen-bond acceptors (Lipinski definition) is 6. The van der Waals surface area contributed by atoms with Crippen LogP contribution in [0.4, 0.5) is 4.79 Å². The number of urea groups is 1. The summed E-state index contributed by atoms with van der Waals surface area (Å²) < 4.78 is 10.4. The zero-order chi connectivity index (χ0) is 21.1. The van der Waals surface area contributed by atoms with Crippen molar-refractivity contribution in [2.45, 2.75) is 31.4 Å². The van der Waals surface area contributed by atoms with E-state index in [1.165, 1.54) is 18.7 Å². The van der Waals surface area contributed by atoms with E-state index < -0.39 is 24.0 Å². The molecule has 0 aliphatic rings. The fraction of sp³-hybridized carbons (Fsp3) is 0.286. The van der Waals surface area contributed by atoms with E-state index in [9.17, 15) is 14.4 Å². The lowest BCUT2D eigenvalue weighted by Gasteiger charge is -2.13. The van der Waals surface area contributed by atoms with Gasteiger partial charge in [-0.3, -0.25) is 14.9 Å². The van der Waals surface area contributed by atoms with Gasteiger partial charge in [0.15, 0.2) is 6.10 Å². The first-order chi connectivity index (χ1) is 14.0. The number of ether oxygens (including phenoxy) is 2. The summed E-state index contributed by atoms with van der Waals surface area (Å²) in [6.45, 7) is 4.19. The summed E-state index contributed by atoms with van der Waals surface area (Å²) in [5.41, 5.74) is 0.904. The van der Waals surface area contributed by atoms with Gasteiger partial charge in [-0.2, -0.15) is 0 Å². The highest BCUT2D eigenvalue weighted by atomic mass is 32.2. The molecule has 2 aromatic carbocycles. The molecular formula is C21H24N2O5S. The van der Waals surface area contributed by atoms with Crippen molar-refractivity contribution in [1.82, 2.24) is 10.6 Å². The molecule has 0 heterocycles. The second kappa shape index (κ2) is 11.8. The summed E-state index contributed by atoms with van der Waals surface area (Å²) in [6, 6.07) is 16.0. The van der Waals surface area contributed by atoms with E-state index in [-0.39, 0.29) is 12.3 Å². The van der Waals surface area contributed by atoms with Crippen molar-refractivity contribution in [2.75, 3.05) is 12.4 Å². The Kier molecular flexibility index (Phi) is 9.04. The molecule has 0 bridgehead atoms. The zero-order valence-corrected chi connectivity index (χ0v) is 17.2. The van der Waals surface area contributed by atoms with Crippen LogP contribution >= 0.6 is 11.8 Å². The molecule has 0 saturated heterocycles. The Labute approximate surface area is 174 Å². The number of carbonyl (C=O) groups excluding carboxylic acids is 3. The fourth-order valence-corrected chi connectivity index (χ4v) is 2.94. The zero-order valence-electron chi connectivity index (χ0n) is 16.3. The molecule has 2 aromatic rings. The second-order valence-electron chi connectivity index (χ2n) is 5.98. The summed E-state index contributed by atoms with van der Waals surface area (Å²) >= 11 is 1.29. The minimum Gasteiger partial charge on any atom is -0.494 e. The molecule has 0 aliphatic carbocycles. The van der Waals surface area contributed by atoms with Crippen LogP contribution in [0.15, 0.2) is 59.5 Å². The number of imide groups is 1. The quantitative estimate of drug-likeness (QED) is 0.482. The molecular weight excluding hydrogens is 392 g/mol. The fourth-order valence-electron chi connectivity index (χ4n) is 2.26. The average Bonchev–Trinajstić information content (AvgIpc) is 2.72. The van der Waals surface area contributed by atoms with E-state index in [1.54, 1.807) is 0 Å². The Balaban J connectivity index is 1.69. The third kappa shape index (κ3) is 8.27. The van der Waals surface area contributed by atoms with E-state index in [4.69, 9.17) is 9.47 Å². The van der Waals surface area contributed by atoms with Crippen LogP contribution in [-0.4, -0.2) is 36.4 Å². The predicted molar refractivity (Wildman–Crippen MR) is 111 cm³/mol. The Morgan fingerprint density at radius 1 is 1.03 bits per heavy atom. The first kappa shape index (κ1) is 22.3. The van der Waals surface area contributed by atoms with Crippen LogP contribution < -0.4 is 15.4 Å². The van der Waals surface area contributed by atoms with Crippen LogP contribution in [0, 0.1) is 0 Å². The number of esters is 1. The van der Waals surface area contributed by atoms with Crippen LogP contribution in [0.25, 0.3) is 0 Å². The third-order valence-corrected chi connectivity index (χ3v) is 4.69. The highest BCUT2D eigenvalue weighted by Gasteiger charge is 2.20. The molecule has 154 valence electrons. The summed E-state index contributed by atoms with van der Waals surface area (Å²) in [5.74, 6) is -0.423. The normalized spacial score (nSPS) is 11.2. The number of hydrogen-bond donors (Lipinski definition) is 2. The Morgan fingerprint density at radius 2 is 1.72 bits per heavy atom. The van der Waals surface area contributed by atoms with Gasteiger partial charge in [0.05, 0.1) is 12.4 Å². The van der Waals surface area contributed by atoms with Gasteiger partial charge >= 0.3 is 12.0 Å². The van der Waals surface area contributed by atoms with E-state index in [1.807, 2.05) is 61.5 Å². The van der Waals surface area contributed by atoms with Gasteiger partial charge < -0.3 is 14.8 Å². The molecule has 8 heteroatoms. The van der Waals surface area contributed by atoms with Gasteiger partial charge in [0.25, 0.3) is 5.91 Å². The Hall–Kier alpha value is -3.00. The molecule has 0 saturated carbocycles. The van der Waals surface area contributed by atoms with Gasteiger partial charge in [0.2, 0.25) is 0 Å². The number of benzene rings is 2. The molecule has 0 spiro atoms. The van der Waals surface area contributed by atoms with Crippen LogP contribution in [-0.2, 0) is 20.9 Å². The van der Waals surface area contributed by atoms with Crippen molar-refractivity contribution < 1.29 is 23.9 Å². The SMILES string of the molecule is CCOc1ccc(SCC(=O)O[C@H](C)C(=O)NC(=O)NCc2ccccc2)cc1. The Bertz CT molecular complexity index is 812. The standard InChI is InChI=1S/C21H24N2O5S/c1-3-27-17-9-11-18(12-10-17)29-14-19(24)28-15(2)20(25)23-21(26)22-13-16-7-5-4-6-8-16/h4-12,15H,3,13-14H2,1-2H3,(H2,22,23,25,26)/t15-/m1/s1. The second-order valence-corrected chi connectivity index (χ2v) is 7.03. The van der Waals surface area contributed by atoms with E-state index in [2.05, 4.69) is 10.6 Å². The Morgan fingerprint density at radius 3 is 2.38 bits per heavy atom. The summed E-state index contributed by atoms with van der Waals surface area (Å²) in [5, 5.41) is 4.73. The lowest BCUT2D eigenvalue weighted by atomic mass is 10.2. The van der Waals surface area contributed by atoms with Crippen molar-refractivity contribution >= 4 is 29.7 Å². The topological polar surface area (TPSA) is 93.7 Å². The maximum Gasteiger partial charge on any atom is 0.321 e. The third-order valence-electron chi connectivity index (χ3n) is 3.70. The van der Waals surface area contributed by atoms with Crippen LogP contribution in [0.2, 0.25) is 0 Å². The monoisotopic (exact) mass is 416 g/mol. The van der Waals surface area contributed by atoms with Gasteiger partial charge in [-0.05, 0) is 43.7 Å². The van der Waals surface area contributed by atoms with E-state index in [0.717, 1.165) is 16.2 Å². The van der Waals surface area contributed by atoms with Gasteiger partial charge in [-0.15, -0.1) is 11.8 Å². The number of thioether (sulfide) groups is 1. The van der Waals surface area contributed by atoms with Crippen LogP contribution in [0.5, 0.6) is 5.75 Å². The molecule has 2 N–H and O–H groups in total. The maximum atomic E-state index is 12.0. The summed E-state index contributed by atoms with van der Waals surface area (Å²) in [7, 11) is 0. The molecule has 3 amide bonds. The first-order valence-corrected chi connectivity index (χ1v) is 10.1. The number of nitrogens with one attached hydrogen (secondary N) is 2. The largest absolute Gasteiger partial charge is 0.494 e. The smallest absolute Gasteiger partial charge is 0.321 e. The van der Waals surface area contributed by atoms with Gasteiger partial charge in [-0.1, -0.05) is 30.3 Å². The van der Waals surface area contributed by atoms with E-state index in [0.29, 0.717) is 6.61 Å². The number of rotatable bonds is 9. The molecule has 0 radical (unpaired) electrons. The van der Waals surface area contributed by atoms with Crippen molar-refractivity contribution in [3.05, 3.63) is 60.2 Å². The first-order valence-electron chi connectivity index (χ1n) is 9.15. The molecule has 2 rings (SSSR count). The molecule has 1 atom stereocenters. The van der Waals surface area contributed by atoms with Gasteiger partial charge in [-0.25, -0.2) is 4.79 Å². The molecule has 0 unspecified atom stereocenters. The summed E-state index contributed by atoms with van der Waals surface area (Å²) in [6.07, 6.45) is -1.08. The van der Waals surface area contributed by atoms with Crippen molar-refractivity contribution in [3.63, 3.8) is 0 Å². The lowest BCUT2D eigenvalue weighted by molar-refractivity contribution is -0.151. The van der Waals surface area contributed by atoms with Crippen molar-refractivity contribution in [2.24, 2.45) is 0 Å². The van der Waals surface area contributed by atoms with Crippen LogP contribution in [0.3, 0.4) is 0 Å². The van der Waals surface area contributed by atoms with Gasteiger partial charge in [0.1, 0.15) is 5.75 Å². The van der Waals surface area contributed by atoms with Crippen molar-refractivity contribution in [1.29, 1.82) is 0 Å². The predicted octanol–water partition coefficient (Wildman–Crippen LogP) is 3.14. The van der Waals surface area contributed by atoms with E-state index >= 15 is 0 Å². The number of carbonyl (C=O) groups is 3. The van der Waals surface area contributed by atoms with Gasteiger partial charge in [0, 0.05) is 11.4 Å². The number of amides is 3. The lowest BCUT2D eigenvalue weighted by Crippen LogP contribution is -2.44. The molecule has 0 aliphatic heterocycles. The highest BCUT2D eigenvalue weighted by molar-refractivity contribution is 8.00. The minimum atomic E-state index is -1.08. The molecule has 29 heavy (non-hydrogen) atoms.